The van der Waals surface area contributed by atoms with Crippen molar-refractivity contribution in [3.05, 3.63) is 47.5 Å². The number of fused-ring (bicyclic) bond motifs is 3. The van der Waals surface area contributed by atoms with E-state index >= 15 is 0 Å². The van der Waals surface area contributed by atoms with Crippen LogP contribution < -0.4 is 15.6 Å². The molecule has 1 aliphatic rings. The van der Waals surface area contributed by atoms with Gasteiger partial charge in [-0.25, -0.2) is 0 Å². The van der Waals surface area contributed by atoms with Crippen LogP contribution in [0, 0.1) is 22.7 Å². The summed E-state index contributed by atoms with van der Waals surface area (Å²) < 4.78 is 0. The summed E-state index contributed by atoms with van der Waals surface area (Å²) in [5, 5.41) is 22.9. The van der Waals surface area contributed by atoms with Gasteiger partial charge in [-0.2, -0.15) is 10.5 Å². The molecule has 1 heterocycles. The Morgan fingerprint density at radius 2 is 1.38 bits per heavy atom. The van der Waals surface area contributed by atoms with Crippen LogP contribution in [0.5, 0.6) is 0 Å². The smallest absolute Gasteiger partial charge is 0.130 e. The highest BCUT2D eigenvalue weighted by Gasteiger charge is 2.50. The molecule has 0 unspecified atom stereocenters. The van der Waals surface area contributed by atoms with Crippen LogP contribution >= 0.6 is 0 Å². The van der Waals surface area contributed by atoms with Crippen LogP contribution in [0.2, 0.25) is 30.7 Å². The average molecular weight is 415 g/mol. The van der Waals surface area contributed by atoms with E-state index in [-0.39, 0.29) is 5.57 Å². The van der Waals surface area contributed by atoms with Crippen LogP contribution in [-0.2, 0) is 0 Å². The van der Waals surface area contributed by atoms with Gasteiger partial charge in [0.2, 0.25) is 0 Å². The lowest BCUT2D eigenvalue weighted by Gasteiger charge is -2.38. The minimum atomic E-state index is -2.01. The van der Waals surface area contributed by atoms with E-state index < -0.39 is 16.1 Å². The number of nitriles is 2. The maximum absolute atomic E-state index is 9.18. The number of nitrogens with zero attached hydrogens (tertiary/aromatic N) is 2. The molecule has 0 radical (unpaired) electrons. The monoisotopic (exact) mass is 414 g/mol. The summed E-state index contributed by atoms with van der Waals surface area (Å²) in [6.45, 7) is 16.8. The average Bonchev–Trinajstić information content (AvgIpc) is 2.95. The van der Waals surface area contributed by atoms with Crippen molar-refractivity contribution in [3.63, 3.8) is 0 Å². The van der Waals surface area contributed by atoms with E-state index in [4.69, 9.17) is 0 Å². The molecule has 0 amide bonds. The lowest BCUT2D eigenvalue weighted by molar-refractivity contribution is 0.930. The van der Waals surface area contributed by atoms with Crippen molar-refractivity contribution in [3.8, 4) is 23.3 Å². The second kappa shape index (κ2) is 7.45. The molecule has 0 spiro atoms. The second-order valence-electron chi connectivity index (χ2n) is 9.78. The Morgan fingerprint density at radius 1 is 0.862 bits per heavy atom. The largest absolute Gasteiger partial charge is 0.192 e. The molecule has 0 saturated heterocycles. The third kappa shape index (κ3) is 3.31. The molecule has 2 aromatic rings. The molecular formula is C25H30N2Si2. The predicted molar refractivity (Wildman–Crippen MR) is 129 cm³/mol. The molecule has 148 valence electrons. The van der Waals surface area contributed by atoms with E-state index in [2.05, 4.69) is 83.7 Å². The molecule has 0 bridgehead atoms. The Morgan fingerprint density at radius 3 is 1.86 bits per heavy atom. The highest BCUT2D eigenvalue weighted by Crippen LogP contribution is 2.41. The number of rotatable bonds is 4. The minimum absolute atomic E-state index is 0.155. The van der Waals surface area contributed by atoms with Crippen molar-refractivity contribution in [1.82, 2.24) is 0 Å². The van der Waals surface area contributed by atoms with Crippen LogP contribution in [0.3, 0.4) is 0 Å². The van der Waals surface area contributed by atoms with Crippen LogP contribution in [0.4, 0.5) is 0 Å². The fraction of sp³-hybridized carbons (Fsp3) is 0.360. The molecule has 0 atom stereocenters. The maximum atomic E-state index is 9.18. The second-order valence-corrected chi connectivity index (χ2v) is 20.0. The summed E-state index contributed by atoms with van der Waals surface area (Å²) >= 11 is 0. The number of hydrogen-bond acceptors (Lipinski definition) is 2. The molecule has 0 saturated carbocycles. The SMILES string of the molecule is CC(C)[Si]1(C(C)C)c2cc(C=C(C#N)C#N)ccc2-c2ccc([Si](C)(C)C)cc21. The van der Waals surface area contributed by atoms with Gasteiger partial charge in [-0.15, -0.1) is 0 Å². The van der Waals surface area contributed by atoms with Gasteiger partial charge in [0.25, 0.3) is 0 Å². The summed E-state index contributed by atoms with van der Waals surface area (Å²) in [6, 6.07) is 17.7. The fourth-order valence-electron chi connectivity index (χ4n) is 5.13. The lowest BCUT2D eigenvalue weighted by atomic mass is 10.0. The maximum Gasteiger partial charge on any atom is 0.130 e. The quantitative estimate of drug-likeness (QED) is 0.520. The summed E-state index contributed by atoms with van der Waals surface area (Å²) in [6.07, 6.45) is 1.72. The molecule has 29 heavy (non-hydrogen) atoms. The van der Waals surface area contributed by atoms with E-state index in [1.807, 2.05) is 12.1 Å². The predicted octanol–water partition coefficient (Wildman–Crippen LogP) is 5.03. The molecule has 0 aromatic heterocycles. The highest BCUT2D eigenvalue weighted by atomic mass is 28.3. The van der Waals surface area contributed by atoms with Gasteiger partial charge >= 0.3 is 0 Å². The lowest BCUT2D eigenvalue weighted by Crippen LogP contribution is -2.61. The molecule has 0 fully saturated rings. The van der Waals surface area contributed by atoms with Gasteiger partial charge in [0, 0.05) is 0 Å². The zero-order chi connectivity index (χ0) is 21.6. The highest BCUT2D eigenvalue weighted by molar-refractivity contribution is 7.07. The minimum Gasteiger partial charge on any atom is -0.192 e. The van der Waals surface area contributed by atoms with Crippen LogP contribution in [0.1, 0.15) is 33.3 Å². The molecule has 2 aromatic carbocycles. The zero-order valence-corrected chi connectivity index (χ0v) is 20.6. The van der Waals surface area contributed by atoms with Crippen LogP contribution in [-0.4, -0.2) is 16.1 Å². The molecular weight excluding hydrogens is 384 g/mol. The summed E-state index contributed by atoms with van der Waals surface area (Å²) in [5.74, 6) is 0. The van der Waals surface area contributed by atoms with Crippen molar-refractivity contribution in [2.75, 3.05) is 0 Å². The van der Waals surface area contributed by atoms with Gasteiger partial charge in [-0.05, 0) is 44.2 Å². The normalized spacial score (nSPS) is 14.2. The van der Waals surface area contributed by atoms with E-state index in [0.717, 1.165) is 5.56 Å². The molecule has 3 rings (SSSR count). The van der Waals surface area contributed by atoms with Gasteiger partial charge in [0.05, 0.1) is 8.07 Å². The molecule has 4 heteroatoms. The summed E-state index contributed by atoms with van der Waals surface area (Å²) in [4.78, 5) is 0. The third-order valence-electron chi connectivity index (χ3n) is 6.48. The van der Waals surface area contributed by atoms with Gasteiger partial charge in [0.15, 0.2) is 0 Å². The molecule has 1 aliphatic heterocycles. The Hall–Kier alpha value is -2.41. The summed E-state index contributed by atoms with van der Waals surface area (Å²) in [5.41, 5.74) is 4.98. The fourth-order valence-corrected chi connectivity index (χ4v) is 12.7. The van der Waals surface area contributed by atoms with Crippen molar-refractivity contribution < 1.29 is 0 Å². The van der Waals surface area contributed by atoms with Crippen molar-refractivity contribution in [2.45, 2.75) is 58.4 Å². The van der Waals surface area contributed by atoms with Crippen molar-refractivity contribution >= 4 is 37.8 Å². The first-order valence-corrected chi connectivity index (χ1v) is 16.0. The first kappa shape index (κ1) is 21.3. The van der Waals surface area contributed by atoms with Gasteiger partial charge in [-0.1, -0.05) is 88.9 Å². The molecule has 0 N–H and O–H groups in total. The van der Waals surface area contributed by atoms with Crippen LogP contribution in [0.25, 0.3) is 17.2 Å². The van der Waals surface area contributed by atoms with Crippen molar-refractivity contribution in [2.24, 2.45) is 0 Å². The first-order chi connectivity index (χ1) is 13.6. The Balaban J connectivity index is 2.36. The molecule has 2 nitrogen and oxygen atoms in total. The third-order valence-corrected chi connectivity index (χ3v) is 14.8. The van der Waals surface area contributed by atoms with E-state index in [0.29, 0.717) is 11.1 Å². The number of allylic oxidation sites excluding steroid dienone is 1. The van der Waals surface area contributed by atoms with Crippen molar-refractivity contribution in [1.29, 1.82) is 10.5 Å². The summed E-state index contributed by atoms with van der Waals surface area (Å²) in [7, 11) is -3.43. The number of benzene rings is 2. The van der Waals surface area contributed by atoms with Gasteiger partial charge in [-0.3, -0.25) is 0 Å². The van der Waals surface area contributed by atoms with Gasteiger partial charge in [0.1, 0.15) is 25.8 Å². The molecule has 0 aliphatic carbocycles. The zero-order valence-electron chi connectivity index (χ0n) is 18.6. The van der Waals surface area contributed by atoms with E-state index in [1.165, 1.54) is 21.5 Å². The first-order valence-electron chi connectivity index (χ1n) is 10.4. The van der Waals surface area contributed by atoms with Crippen LogP contribution in [0.15, 0.2) is 42.0 Å². The Bertz CT molecular complexity index is 1050. The Kier molecular flexibility index (Phi) is 5.47. The van der Waals surface area contributed by atoms with E-state index in [1.54, 1.807) is 11.3 Å². The van der Waals surface area contributed by atoms with E-state index in [9.17, 15) is 10.5 Å². The Labute approximate surface area is 177 Å². The topological polar surface area (TPSA) is 47.6 Å². The van der Waals surface area contributed by atoms with Gasteiger partial charge < -0.3 is 0 Å². The standard InChI is InChI=1S/C25H30N2Si2/c1-17(2)29(18(3)4)24-13-19(12-20(15-26)16-27)8-10-22(24)23-11-9-21(14-25(23)29)28(5,6)7/h8-14,17-18H,1-7H3. The number of hydrogen-bond donors (Lipinski definition) is 0.